The molecule has 0 bridgehead atoms. The molecule has 8 rings (SSSR count). The molecule has 46 heavy (non-hydrogen) atoms. The fraction of sp³-hybridized carbons (Fsp3) is 0.225. The molecule has 2 aliphatic heterocycles. The van der Waals surface area contributed by atoms with Gasteiger partial charge in [0.05, 0.1) is 7.11 Å². The Hall–Kier alpha value is -5.23. The van der Waals surface area contributed by atoms with Gasteiger partial charge in [0, 0.05) is 60.4 Å². The van der Waals surface area contributed by atoms with Gasteiger partial charge in [-0.15, -0.1) is 0 Å². The SMILES string of the molecule is COc1ccc(C2(c3ccc(N(C)C)cc3)C=Cc3c4c(c5ccccc5c3O2)-c2ccccc2C42CCN(C(=O)O)CC2)cc1. The fourth-order valence-electron chi connectivity index (χ4n) is 8.04. The normalized spacial score (nSPS) is 18.9. The van der Waals surface area contributed by atoms with Crippen LogP contribution in [-0.2, 0) is 11.0 Å². The summed E-state index contributed by atoms with van der Waals surface area (Å²) in [4.78, 5) is 15.6. The molecule has 1 saturated heterocycles. The van der Waals surface area contributed by atoms with Gasteiger partial charge in [0.25, 0.3) is 0 Å². The third-order valence-corrected chi connectivity index (χ3v) is 10.4. The van der Waals surface area contributed by atoms with Crippen LogP contribution >= 0.6 is 0 Å². The minimum atomic E-state index is -0.883. The molecule has 5 aromatic carbocycles. The first-order valence-corrected chi connectivity index (χ1v) is 15.8. The number of hydrogen-bond donors (Lipinski definition) is 1. The van der Waals surface area contributed by atoms with Crippen LogP contribution in [0.25, 0.3) is 28.0 Å². The zero-order chi connectivity index (χ0) is 31.6. The lowest BCUT2D eigenvalue weighted by Crippen LogP contribution is -2.45. The van der Waals surface area contributed by atoms with Gasteiger partial charge in [-0.3, -0.25) is 0 Å². The Labute approximate surface area is 269 Å². The monoisotopic (exact) mass is 608 g/mol. The van der Waals surface area contributed by atoms with Crippen LogP contribution in [0, 0.1) is 0 Å². The van der Waals surface area contributed by atoms with Crippen molar-refractivity contribution in [3.8, 4) is 22.6 Å². The smallest absolute Gasteiger partial charge is 0.407 e. The molecule has 3 aliphatic rings. The molecule has 1 N–H and O–H groups in total. The number of fused-ring (bicyclic) bond motifs is 10. The van der Waals surface area contributed by atoms with E-state index < -0.39 is 11.7 Å². The third kappa shape index (κ3) is 3.99. The zero-order valence-corrected chi connectivity index (χ0v) is 26.3. The van der Waals surface area contributed by atoms with Crippen molar-refractivity contribution >= 4 is 28.6 Å². The number of hydrogen-bond acceptors (Lipinski definition) is 4. The predicted molar refractivity (Wildman–Crippen MR) is 183 cm³/mol. The van der Waals surface area contributed by atoms with Crippen molar-refractivity contribution in [3.63, 3.8) is 0 Å². The molecule has 230 valence electrons. The van der Waals surface area contributed by atoms with E-state index in [0.29, 0.717) is 13.1 Å². The molecule has 6 nitrogen and oxygen atoms in total. The predicted octanol–water partition coefficient (Wildman–Crippen LogP) is 8.30. The summed E-state index contributed by atoms with van der Waals surface area (Å²) in [6, 6.07) is 34.0. The van der Waals surface area contributed by atoms with E-state index in [1.807, 2.05) is 26.2 Å². The lowest BCUT2D eigenvalue weighted by atomic mass is 9.68. The highest BCUT2D eigenvalue weighted by molar-refractivity contribution is 6.08. The van der Waals surface area contributed by atoms with Crippen molar-refractivity contribution in [1.82, 2.24) is 4.90 Å². The average molecular weight is 609 g/mol. The summed E-state index contributed by atoms with van der Waals surface area (Å²) < 4.78 is 13.0. The standard InChI is InChI=1S/C40H36N2O4/c1-41(2)28-16-12-26(13-17-28)40(27-14-18-29(45-3)19-15-27)21-20-33-36-35(30-8-4-5-9-31(30)37(33)46-40)32-10-6-7-11-34(32)39(36)22-24-42(25-23-39)38(43)44/h4-21H,22-25H2,1-3H3,(H,43,44). The Morgan fingerprint density at radius 1 is 0.848 bits per heavy atom. The van der Waals surface area contributed by atoms with Crippen LogP contribution in [0.1, 0.15) is 40.7 Å². The van der Waals surface area contributed by atoms with Crippen LogP contribution < -0.4 is 14.4 Å². The number of anilines is 1. The van der Waals surface area contributed by atoms with Crippen LogP contribution in [0.4, 0.5) is 10.5 Å². The van der Waals surface area contributed by atoms with Crippen molar-refractivity contribution in [3.05, 3.63) is 131 Å². The highest BCUT2D eigenvalue weighted by atomic mass is 16.5. The number of rotatable bonds is 4. The Kier molecular flexibility index (Phi) is 6.40. The van der Waals surface area contributed by atoms with Gasteiger partial charge >= 0.3 is 6.09 Å². The first-order valence-electron chi connectivity index (χ1n) is 15.8. The molecule has 5 aromatic rings. The molecule has 1 fully saturated rings. The van der Waals surface area contributed by atoms with Crippen molar-refractivity contribution < 1.29 is 19.4 Å². The molecule has 6 heteroatoms. The van der Waals surface area contributed by atoms with Crippen molar-refractivity contribution in [1.29, 1.82) is 0 Å². The molecular formula is C40H36N2O4. The fourth-order valence-corrected chi connectivity index (χ4v) is 8.04. The molecule has 1 unspecified atom stereocenters. The Morgan fingerprint density at radius 3 is 2.13 bits per heavy atom. The molecule has 2 heterocycles. The first kappa shape index (κ1) is 28.3. The number of nitrogens with zero attached hydrogens (tertiary/aromatic N) is 2. The van der Waals surface area contributed by atoms with E-state index in [0.717, 1.165) is 57.5 Å². The summed E-state index contributed by atoms with van der Waals surface area (Å²) in [6.07, 6.45) is 5.06. The Morgan fingerprint density at radius 2 is 1.48 bits per heavy atom. The Bertz CT molecular complexity index is 2020. The van der Waals surface area contributed by atoms with Gasteiger partial charge in [-0.25, -0.2) is 4.79 Å². The number of ether oxygens (including phenoxy) is 2. The summed E-state index contributed by atoms with van der Waals surface area (Å²) in [7, 11) is 5.77. The average Bonchev–Trinajstić information content (AvgIpc) is 3.38. The molecule has 1 spiro atoms. The van der Waals surface area contributed by atoms with E-state index in [2.05, 4.69) is 102 Å². The lowest BCUT2D eigenvalue weighted by Gasteiger charge is -2.42. The minimum Gasteiger partial charge on any atom is -0.497 e. The van der Waals surface area contributed by atoms with Gasteiger partial charge in [0.15, 0.2) is 5.60 Å². The quantitative estimate of drug-likeness (QED) is 0.222. The van der Waals surface area contributed by atoms with E-state index in [9.17, 15) is 9.90 Å². The Balaban J connectivity index is 1.39. The van der Waals surface area contributed by atoms with Crippen LogP contribution in [0.5, 0.6) is 11.5 Å². The molecular weight excluding hydrogens is 572 g/mol. The van der Waals surface area contributed by atoms with Gasteiger partial charge in [0.2, 0.25) is 0 Å². The maximum Gasteiger partial charge on any atom is 0.407 e. The molecule has 0 aromatic heterocycles. The number of piperidine rings is 1. The van der Waals surface area contributed by atoms with E-state index in [-0.39, 0.29) is 5.41 Å². The summed E-state index contributed by atoms with van der Waals surface area (Å²) >= 11 is 0. The van der Waals surface area contributed by atoms with E-state index in [1.165, 1.54) is 22.3 Å². The van der Waals surface area contributed by atoms with E-state index >= 15 is 0 Å². The largest absolute Gasteiger partial charge is 0.497 e. The number of carboxylic acid groups (broad SMARTS) is 1. The van der Waals surface area contributed by atoms with Gasteiger partial charge in [-0.2, -0.15) is 0 Å². The first-order chi connectivity index (χ1) is 22.4. The molecule has 0 saturated carbocycles. The van der Waals surface area contributed by atoms with Crippen molar-refractivity contribution in [2.45, 2.75) is 23.9 Å². The minimum absolute atomic E-state index is 0.312. The number of benzene rings is 5. The lowest BCUT2D eigenvalue weighted by molar-refractivity contribution is 0.123. The van der Waals surface area contributed by atoms with Crippen LogP contribution in [0.2, 0.25) is 0 Å². The number of carbonyl (C=O) groups is 1. The molecule has 1 aliphatic carbocycles. The van der Waals surface area contributed by atoms with E-state index in [4.69, 9.17) is 9.47 Å². The van der Waals surface area contributed by atoms with Crippen LogP contribution in [-0.4, -0.2) is 50.4 Å². The molecule has 1 atom stereocenters. The van der Waals surface area contributed by atoms with Gasteiger partial charge in [-0.1, -0.05) is 78.9 Å². The molecule has 0 radical (unpaired) electrons. The number of amides is 1. The van der Waals surface area contributed by atoms with Crippen molar-refractivity contribution in [2.24, 2.45) is 0 Å². The third-order valence-electron chi connectivity index (χ3n) is 10.4. The van der Waals surface area contributed by atoms with Crippen LogP contribution in [0.3, 0.4) is 0 Å². The highest BCUT2D eigenvalue weighted by Gasteiger charge is 2.50. The highest BCUT2D eigenvalue weighted by Crippen LogP contribution is 2.61. The number of likely N-dealkylation sites (tertiary alicyclic amines) is 1. The number of methoxy groups -OCH3 is 1. The second-order valence-electron chi connectivity index (χ2n) is 12.8. The van der Waals surface area contributed by atoms with Gasteiger partial charge in [0.1, 0.15) is 11.5 Å². The van der Waals surface area contributed by atoms with E-state index in [1.54, 1.807) is 12.0 Å². The second-order valence-corrected chi connectivity index (χ2v) is 12.8. The summed E-state index contributed by atoms with van der Waals surface area (Å²) in [5.74, 6) is 1.65. The maximum absolute atomic E-state index is 12.0. The summed E-state index contributed by atoms with van der Waals surface area (Å²) in [6.45, 7) is 0.979. The topological polar surface area (TPSA) is 62.2 Å². The maximum atomic E-state index is 12.0. The van der Waals surface area contributed by atoms with Gasteiger partial charge < -0.3 is 24.4 Å². The van der Waals surface area contributed by atoms with Crippen LogP contribution in [0.15, 0.2) is 103 Å². The zero-order valence-electron chi connectivity index (χ0n) is 26.3. The summed E-state index contributed by atoms with van der Waals surface area (Å²) in [5, 5.41) is 12.1. The second kappa shape index (κ2) is 10.4. The molecule has 1 amide bonds. The van der Waals surface area contributed by atoms with Crippen molar-refractivity contribution in [2.75, 3.05) is 39.2 Å². The summed E-state index contributed by atoms with van der Waals surface area (Å²) in [5.41, 5.74) is 8.07. The van der Waals surface area contributed by atoms with Gasteiger partial charge in [-0.05, 0) is 70.8 Å².